The number of hydrogen-bond donors (Lipinski definition) is 2. The number of hydrogen-bond acceptors (Lipinski definition) is 10. The third-order valence-electron chi connectivity index (χ3n) is 6.64. The monoisotopic (exact) mass is 569 g/mol. The number of sulfonamides is 1. The van der Waals surface area contributed by atoms with Gasteiger partial charge in [0.15, 0.2) is 16.5 Å². The first kappa shape index (κ1) is 27.0. The second-order valence-electron chi connectivity index (χ2n) is 8.90. The van der Waals surface area contributed by atoms with Gasteiger partial charge < -0.3 is 23.8 Å². The minimum atomic E-state index is -3.85. The van der Waals surface area contributed by atoms with Gasteiger partial charge in [-0.2, -0.15) is 0 Å². The first-order chi connectivity index (χ1) is 18.8. The van der Waals surface area contributed by atoms with E-state index in [1.165, 1.54) is 23.5 Å². The lowest BCUT2D eigenvalue weighted by atomic mass is 9.87. The van der Waals surface area contributed by atoms with Crippen LogP contribution in [0.4, 0.5) is 0 Å². The van der Waals surface area contributed by atoms with E-state index in [4.69, 9.17) is 23.8 Å². The molecule has 0 bridgehead atoms. The largest absolute Gasteiger partial charge is 0.477 e. The summed E-state index contributed by atoms with van der Waals surface area (Å²) >= 11 is 1.42. The van der Waals surface area contributed by atoms with Crippen LogP contribution in [0.2, 0.25) is 0 Å². The molecule has 1 aliphatic rings. The minimum Gasteiger partial charge on any atom is -0.477 e. The van der Waals surface area contributed by atoms with Crippen LogP contribution in [0.1, 0.15) is 24.3 Å². The summed E-state index contributed by atoms with van der Waals surface area (Å²) < 4.78 is 47.0. The average molecular weight is 570 g/mol. The van der Waals surface area contributed by atoms with E-state index < -0.39 is 15.6 Å². The summed E-state index contributed by atoms with van der Waals surface area (Å²) in [5.74, 6) is 0.433. The highest BCUT2D eigenvalue weighted by Crippen LogP contribution is 2.43. The zero-order valence-corrected chi connectivity index (χ0v) is 22.7. The van der Waals surface area contributed by atoms with E-state index in [-0.39, 0.29) is 23.1 Å². The molecule has 0 atom stereocenters. The molecule has 2 aromatic heterocycles. The van der Waals surface area contributed by atoms with Crippen molar-refractivity contribution in [3.05, 3.63) is 77.5 Å². The van der Waals surface area contributed by atoms with Crippen LogP contribution in [0.5, 0.6) is 5.06 Å². The van der Waals surface area contributed by atoms with E-state index >= 15 is 0 Å². The molecule has 12 heteroatoms. The molecule has 4 aromatic rings. The van der Waals surface area contributed by atoms with Gasteiger partial charge >= 0.3 is 0 Å². The molecule has 0 unspecified atom stereocenters. The fourth-order valence-corrected chi connectivity index (χ4v) is 5.87. The number of thiophene rings is 1. The van der Waals surface area contributed by atoms with E-state index in [0.717, 1.165) is 11.1 Å². The van der Waals surface area contributed by atoms with Crippen molar-refractivity contribution >= 4 is 27.1 Å². The molecule has 3 N–H and O–H groups in total. The van der Waals surface area contributed by atoms with Gasteiger partial charge in [0.05, 0.1) is 4.90 Å². The molecule has 1 fully saturated rings. The Hall–Kier alpha value is -3.55. The normalized spacial score (nSPS) is 15.8. The number of oxazole rings is 1. The molecule has 10 nitrogen and oxygen atoms in total. The van der Waals surface area contributed by atoms with Crippen molar-refractivity contribution in [1.29, 1.82) is 0 Å². The Balaban J connectivity index is 1.46. The number of benzene rings is 2. The number of aromatic nitrogens is 1. The standard InChI is InChI=1S/C27H27N3O7S2/c1-34-27(12-14-35-15-13-27)21-11-16-38-26(21)36-17-22(30-31)25-29-23(18-5-3-2-4-6-18)24(37-25)19-7-9-20(10-8-19)39(28,32)33/h2-11,16,31H,12-15,17H2,1H3,(H2,28,32,33)/b30-22+. The van der Waals surface area contributed by atoms with Crippen LogP contribution in [0, 0.1) is 0 Å². The quantitative estimate of drug-likeness (QED) is 0.169. The lowest BCUT2D eigenvalue weighted by Crippen LogP contribution is -2.35. The third kappa shape index (κ3) is 5.60. The summed E-state index contributed by atoms with van der Waals surface area (Å²) in [6, 6.07) is 17.3. The van der Waals surface area contributed by atoms with Crippen LogP contribution >= 0.6 is 11.3 Å². The fourth-order valence-electron chi connectivity index (χ4n) is 4.52. The first-order valence-corrected chi connectivity index (χ1v) is 14.5. The van der Waals surface area contributed by atoms with Gasteiger partial charge in [-0.3, -0.25) is 0 Å². The minimum absolute atomic E-state index is 0.0247. The van der Waals surface area contributed by atoms with Crippen molar-refractivity contribution in [3.8, 4) is 27.6 Å². The Morgan fingerprint density at radius 1 is 1.10 bits per heavy atom. The first-order valence-electron chi connectivity index (χ1n) is 12.1. The summed E-state index contributed by atoms with van der Waals surface area (Å²) in [5.41, 5.74) is 2.32. The van der Waals surface area contributed by atoms with E-state index in [2.05, 4.69) is 10.1 Å². The van der Waals surface area contributed by atoms with Crippen molar-refractivity contribution < 1.29 is 32.3 Å². The van der Waals surface area contributed by atoms with Crippen LogP contribution < -0.4 is 9.88 Å². The number of ether oxygens (including phenoxy) is 3. The third-order valence-corrected chi connectivity index (χ3v) is 8.39. The average Bonchev–Trinajstić information content (AvgIpc) is 3.62. The van der Waals surface area contributed by atoms with Gasteiger partial charge in [-0.1, -0.05) is 35.5 Å². The van der Waals surface area contributed by atoms with Crippen LogP contribution in [-0.2, 0) is 25.1 Å². The Bertz CT molecular complexity index is 1560. The number of nitrogens with zero attached hydrogens (tertiary/aromatic N) is 2. The zero-order valence-electron chi connectivity index (χ0n) is 21.1. The summed E-state index contributed by atoms with van der Waals surface area (Å²) in [4.78, 5) is 4.60. The van der Waals surface area contributed by atoms with E-state index in [1.807, 2.05) is 41.8 Å². The van der Waals surface area contributed by atoms with Gasteiger partial charge in [0, 0.05) is 49.9 Å². The maximum atomic E-state index is 11.7. The fraction of sp³-hybridized carbons (Fsp3) is 0.259. The predicted molar refractivity (Wildman–Crippen MR) is 146 cm³/mol. The van der Waals surface area contributed by atoms with Crippen LogP contribution in [0.3, 0.4) is 0 Å². The van der Waals surface area contributed by atoms with Crippen molar-refractivity contribution in [2.75, 3.05) is 26.9 Å². The zero-order chi connectivity index (χ0) is 27.5. The molecule has 3 heterocycles. The van der Waals surface area contributed by atoms with Gasteiger partial charge in [0.1, 0.15) is 17.9 Å². The van der Waals surface area contributed by atoms with Crippen molar-refractivity contribution in [1.82, 2.24) is 4.98 Å². The summed E-state index contributed by atoms with van der Waals surface area (Å²) in [7, 11) is -2.17. The highest BCUT2D eigenvalue weighted by Gasteiger charge is 2.38. The molecule has 5 rings (SSSR count). The molecule has 1 saturated heterocycles. The van der Waals surface area contributed by atoms with Gasteiger partial charge in [-0.15, -0.1) is 11.3 Å². The lowest BCUT2D eigenvalue weighted by Gasteiger charge is -2.36. The Labute approximate surface area is 229 Å². The smallest absolute Gasteiger partial charge is 0.249 e. The second-order valence-corrected chi connectivity index (χ2v) is 11.3. The summed E-state index contributed by atoms with van der Waals surface area (Å²) in [6.07, 6.45) is 1.40. The SMILES string of the molecule is COC1(c2ccsc2OC/C(=N\O)c2nc(-c3ccccc3)c(-c3ccc(S(N)(=O)=O)cc3)o2)CCOCC1. The second kappa shape index (κ2) is 11.3. The van der Waals surface area contributed by atoms with Crippen molar-refractivity contribution in [2.45, 2.75) is 23.3 Å². The van der Waals surface area contributed by atoms with Crippen LogP contribution in [0.25, 0.3) is 22.6 Å². The molecular weight excluding hydrogens is 542 g/mol. The molecule has 0 amide bonds. The molecule has 0 spiro atoms. The number of oxime groups is 1. The molecule has 204 valence electrons. The molecule has 0 aliphatic carbocycles. The van der Waals surface area contributed by atoms with Gasteiger partial charge in [0.2, 0.25) is 15.9 Å². The highest BCUT2D eigenvalue weighted by atomic mass is 32.2. The molecule has 0 saturated carbocycles. The maximum Gasteiger partial charge on any atom is 0.249 e. The summed E-state index contributed by atoms with van der Waals surface area (Å²) in [5, 5.41) is 21.1. The van der Waals surface area contributed by atoms with Crippen LogP contribution in [-0.4, -0.2) is 51.3 Å². The molecule has 0 radical (unpaired) electrons. The Morgan fingerprint density at radius 2 is 1.82 bits per heavy atom. The number of primary sulfonamides is 1. The van der Waals surface area contributed by atoms with Crippen molar-refractivity contribution in [3.63, 3.8) is 0 Å². The Morgan fingerprint density at radius 3 is 2.46 bits per heavy atom. The van der Waals surface area contributed by atoms with Crippen molar-refractivity contribution in [2.24, 2.45) is 10.3 Å². The van der Waals surface area contributed by atoms with E-state index in [9.17, 15) is 13.6 Å². The highest BCUT2D eigenvalue weighted by molar-refractivity contribution is 7.89. The van der Waals surface area contributed by atoms with Crippen LogP contribution in [0.15, 0.2) is 80.5 Å². The van der Waals surface area contributed by atoms with E-state index in [0.29, 0.717) is 48.1 Å². The van der Waals surface area contributed by atoms with Gasteiger partial charge in [-0.25, -0.2) is 18.5 Å². The molecular formula is C27H27N3O7S2. The molecule has 2 aromatic carbocycles. The topological polar surface area (TPSA) is 146 Å². The number of rotatable bonds is 9. The maximum absolute atomic E-state index is 11.7. The van der Waals surface area contributed by atoms with Gasteiger partial charge in [-0.05, 0) is 35.7 Å². The molecule has 39 heavy (non-hydrogen) atoms. The number of nitrogens with two attached hydrogens (primary N) is 1. The Kier molecular flexibility index (Phi) is 7.82. The lowest BCUT2D eigenvalue weighted by molar-refractivity contribution is -0.0954. The van der Waals surface area contributed by atoms with E-state index in [1.54, 1.807) is 19.2 Å². The predicted octanol–water partition coefficient (Wildman–Crippen LogP) is 4.63. The molecule has 1 aliphatic heterocycles. The number of methoxy groups -OCH3 is 1. The summed E-state index contributed by atoms with van der Waals surface area (Å²) in [6.45, 7) is 1.07. The van der Waals surface area contributed by atoms with Gasteiger partial charge in [0.25, 0.3) is 0 Å².